The van der Waals surface area contributed by atoms with Gasteiger partial charge < -0.3 is 4.90 Å². The normalized spacial score (nSPS) is 14.2. The molecule has 0 atom stereocenters. The van der Waals surface area contributed by atoms with E-state index in [2.05, 4.69) is 0 Å². The topological polar surface area (TPSA) is 44.1 Å². The number of hydrogen-bond donors (Lipinski definition) is 0. The van der Waals surface area contributed by atoms with E-state index in [0.717, 1.165) is 17.5 Å². The lowest BCUT2D eigenvalue weighted by Crippen LogP contribution is -2.33. The first kappa shape index (κ1) is 14.9. The summed E-state index contributed by atoms with van der Waals surface area (Å²) in [6.45, 7) is 0.0720. The Morgan fingerprint density at radius 3 is 2.71 bits per heavy atom. The van der Waals surface area contributed by atoms with Crippen LogP contribution in [0.2, 0.25) is 15.1 Å². The Balaban J connectivity index is 2.08. The molecular weight excluding hydrogens is 351 g/mol. The smallest absolute Gasteiger partial charge is 0.266 e. The van der Waals surface area contributed by atoms with Crippen molar-refractivity contribution >= 4 is 62.1 Å². The highest BCUT2D eigenvalue weighted by molar-refractivity contribution is 7.21. The summed E-state index contributed by atoms with van der Waals surface area (Å²) in [5.41, 5.74) is 0. The first-order valence-corrected chi connectivity index (χ1v) is 8.23. The van der Waals surface area contributed by atoms with Gasteiger partial charge in [0.1, 0.15) is 11.4 Å². The van der Waals surface area contributed by atoms with E-state index in [1.54, 1.807) is 17.0 Å². The third-order valence-corrected chi connectivity index (χ3v) is 5.46. The van der Waals surface area contributed by atoms with Gasteiger partial charge in [0.05, 0.1) is 16.1 Å². The summed E-state index contributed by atoms with van der Waals surface area (Å²) in [5, 5.41) is 10.8. The number of halogens is 3. The quantitative estimate of drug-likeness (QED) is 0.725. The first-order chi connectivity index (χ1) is 10.0. The van der Waals surface area contributed by atoms with E-state index >= 15 is 0 Å². The van der Waals surface area contributed by atoms with Crippen molar-refractivity contribution in [1.29, 1.82) is 5.26 Å². The van der Waals surface area contributed by atoms with Gasteiger partial charge in [-0.15, -0.1) is 11.3 Å². The van der Waals surface area contributed by atoms with Gasteiger partial charge in [0, 0.05) is 21.2 Å². The van der Waals surface area contributed by atoms with Crippen molar-refractivity contribution in [3.63, 3.8) is 0 Å². The van der Waals surface area contributed by atoms with Gasteiger partial charge in [0.2, 0.25) is 0 Å². The molecule has 0 N–H and O–H groups in total. The number of benzene rings is 1. The second-order valence-electron chi connectivity index (χ2n) is 4.83. The van der Waals surface area contributed by atoms with Crippen LogP contribution in [0, 0.1) is 11.3 Å². The molecule has 1 saturated carbocycles. The number of carbonyl (C=O) groups excluding carboxylic acids is 1. The number of rotatable bonds is 3. The first-order valence-electron chi connectivity index (χ1n) is 6.28. The Hall–Kier alpha value is -0.990. The second-order valence-corrected chi connectivity index (χ2v) is 7.10. The van der Waals surface area contributed by atoms with E-state index in [4.69, 9.17) is 40.1 Å². The zero-order valence-corrected chi connectivity index (χ0v) is 13.8. The molecule has 0 saturated heterocycles. The van der Waals surface area contributed by atoms with Crippen LogP contribution in [-0.2, 0) is 0 Å². The fourth-order valence-corrected chi connectivity index (χ4v) is 4.54. The minimum absolute atomic E-state index is 0.0720. The zero-order chi connectivity index (χ0) is 15.1. The van der Waals surface area contributed by atoms with Crippen LogP contribution in [0.25, 0.3) is 10.1 Å². The molecule has 3 rings (SSSR count). The van der Waals surface area contributed by atoms with Crippen LogP contribution in [0.15, 0.2) is 12.1 Å². The van der Waals surface area contributed by atoms with Gasteiger partial charge in [0.15, 0.2) is 0 Å². The lowest BCUT2D eigenvalue weighted by Gasteiger charge is -2.18. The molecule has 1 fully saturated rings. The minimum Gasteiger partial charge on any atom is -0.322 e. The largest absolute Gasteiger partial charge is 0.322 e. The highest BCUT2D eigenvalue weighted by Crippen LogP contribution is 2.42. The molecule has 7 heteroatoms. The Kier molecular flexibility index (Phi) is 4.02. The lowest BCUT2D eigenvalue weighted by atomic mass is 10.2. The molecule has 108 valence electrons. The maximum absolute atomic E-state index is 12.6. The van der Waals surface area contributed by atoms with Crippen molar-refractivity contribution in [2.75, 3.05) is 6.54 Å². The minimum atomic E-state index is -0.211. The summed E-state index contributed by atoms with van der Waals surface area (Å²) >= 11 is 19.7. The summed E-state index contributed by atoms with van der Waals surface area (Å²) in [6, 6.07) is 5.52. The average Bonchev–Trinajstić information content (AvgIpc) is 3.19. The molecule has 1 aliphatic rings. The van der Waals surface area contributed by atoms with Crippen molar-refractivity contribution in [1.82, 2.24) is 4.90 Å². The van der Waals surface area contributed by atoms with E-state index in [0.29, 0.717) is 25.3 Å². The van der Waals surface area contributed by atoms with Gasteiger partial charge >= 0.3 is 0 Å². The number of carbonyl (C=O) groups is 1. The molecule has 2 aromatic rings. The Bertz CT molecular complexity index is 777. The molecule has 21 heavy (non-hydrogen) atoms. The maximum Gasteiger partial charge on any atom is 0.266 e. The second kappa shape index (κ2) is 5.66. The Morgan fingerprint density at radius 1 is 1.38 bits per heavy atom. The van der Waals surface area contributed by atoms with Gasteiger partial charge in [0.25, 0.3) is 5.91 Å². The number of thiophene rings is 1. The van der Waals surface area contributed by atoms with Gasteiger partial charge in [-0.1, -0.05) is 34.8 Å². The van der Waals surface area contributed by atoms with Crippen LogP contribution in [0.4, 0.5) is 0 Å². The Labute approximate surface area is 140 Å². The highest BCUT2D eigenvalue weighted by atomic mass is 35.5. The molecule has 0 aliphatic heterocycles. The van der Waals surface area contributed by atoms with Crippen molar-refractivity contribution < 1.29 is 4.79 Å². The third-order valence-electron chi connectivity index (χ3n) is 3.33. The van der Waals surface area contributed by atoms with Gasteiger partial charge in [-0.2, -0.15) is 5.26 Å². The van der Waals surface area contributed by atoms with Gasteiger partial charge in [-0.3, -0.25) is 4.79 Å². The maximum atomic E-state index is 12.6. The van der Waals surface area contributed by atoms with Crippen LogP contribution in [0.1, 0.15) is 22.5 Å². The Morgan fingerprint density at radius 2 is 2.10 bits per heavy atom. The summed E-state index contributed by atoms with van der Waals surface area (Å²) in [5.74, 6) is -0.211. The molecule has 0 radical (unpaired) electrons. The molecule has 1 aliphatic carbocycles. The van der Waals surface area contributed by atoms with Crippen molar-refractivity contribution in [2.45, 2.75) is 18.9 Å². The average molecular weight is 360 g/mol. The fourth-order valence-electron chi connectivity index (χ4n) is 2.21. The van der Waals surface area contributed by atoms with Crippen LogP contribution in [0.5, 0.6) is 0 Å². The molecule has 1 amide bonds. The molecule has 0 spiro atoms. The lowest BCUT2D eigenvalue weighted by molar-refractivity contribution is 0.0770. The SMILES string of the molecule is N#CCN(C(=O)c1sc2cc(Cl)cc(Cl)c2c1Cl)C1CC1. The predicted octanol–water partition coefficient (Wildman–Crippen LogP) is 4.99. The van der Waals surface area contributed by atoms with Crippen LogP contribution < -0.4 is 0 Å². The van der Waals surface area contributed by atoms with Crippen LogP contribution >= 0.6 is 46.1 Å². The number of amides is 1. The summed E-state index contributed by atoms with van der Waals surface area (Å²) in [6.07, 6.45) is 1.87. The van der Waals surface area contributed by atoms with E-state index in [1.165, 1.54) is 11.3 Å². The van der Waals surface area contributed by atoms with Gasteiger partial charge in [-0.25, -0.2) is 0 Å². The van der Waals surface area contributed by atoms with E-state index in [1.807, 2.05) is 6.07 Å². The molecule has 1 aromatic carbocycles. The third kappa shape index (κ3) is 2.72. The van der Waals surface area contributed by atoms with Crippen molar-refractivity contribution in [2.24, 2.45) is 0 Å². The van der Waals surface area contributed by atoms with Crippen molar-refractivity contribution in [3.05, 3.63) is 32.1 Å². The highest BCUT2D eigenvalue weighted by Gasteiger charge is 2.34. The van der Waals surface area contributed by atoms with Gasteiger partial charge in [-0.05, 0) is 25.0 Å². The number of fused-ring (bicyclic) bond motifs is 1. The molecule has 0 unspecified atom stereocenters. The molecular formula is C14H9Cl3N2OS. The number of hydrogen-bond acceptors (Lipinski definition) is 3. The van der Waals surface area contributed by atoms with E-state index in [-0.39, 0.29) is 18.5 Å². The standard InChI is InChI=1S/C14H9Cl3N2OS/c15-7-5-9(16)11-10(6-7)21-13(12(11)17)14(20)19(4-3-18)8-1-2-8/h5-6,8H,1-2,4H2. The summed E-state index contributed by atoms with van der Waals surface area (Å²) in [4.78, 5) is 14.6. The monoisotopic (exact) mass is 358 g/mol. The molecule has 0 bridgehead atoms. The molecule has 1 heterocycles. The molecule has 3 nitrogen and oxygen atoms in total. The summed E-state index contributed by atoms with van der Waals surface area (Å²) < 4.78 is 0.772. The van der Waals surface area contributed by atoms with Crippen LogP contribution in [0.3, 0.4) is 0 Å². The van der Waals surface area contributed by atoms with Crippen molar-refractivity contribution in [3.8, 4) is 6.07 Å². The summed E-state index contributed by atoms with van der Waals surface area (Å²) in [7, 11) is 0. The number of nitrogens with zero attached hydrogens (tertiary/aromatic N) is 2. The zero-order valence-electron chi connectivity index (χ0n) is 10.7. The van der Waals surface area contributed by atoms with Crippen LogP contribution in [-0.4, -0.2) is 23.4 Å². The fraction of sp³-hybridized carbons (Fsp3) is 0.286. The molecule has 1 aromatic heterocycles. The predicted molar refractivity (Wildman–Crippen MR) is 86.5 cm³/mol. The van der Waals surface area contributed by atoms with E-state index in [9.17, 15) is 4.79 Å². The number of nitriles is 1. The van der Waals surface area contributed by atoms with E-state index < -0.39 is 0 Å².